The standard InChI is InChI=1S/C21H29N5O2/c1-3-24(4-2)20(27)17-23-12-6-13-25(16-15-23)21(28)18-7-9-19(10-8-18)26-14-5-11-22-26/h5,7-11,14H,3-4,6,12-13,15-17H2,1-2H3. The minimum absolute atomic E-state index is 0.0453. The summed E-state index contributed by atoms with van der Waals surface area (Å²) in [6, 6.07) is 9.39. The van der Waals surface area contributed by atoms with Gasteiger partial charge >= 0.3 is 0 Å². The van der Waals surface area contributed by atoms with Crippen molar-refractivity contribution < 1.29 is 9.59 Å². The molecule has 0 N–H and O–H groups in total. The van der Waals surface area contributed by atoms with Crippen molar-refractivity contribution in [2.24, 2.45) is 0 Å². The Hall–Kier alpha value is -2.67. The molecule has 7 heteroatoms. The summed E-state index contributed by atoms with van der Waals surface area (Å²) in [6.45, 7) is 8.84. The maximum atomic E-state index is 12.9. The van der Waals surface area contributed by atoms with Crippen molar-refractivity contribution in [3.05, 3.63) is 48.3 Å². The van der Waals surface area contributed by atoms with Gasteiger partial charge in [0.05, 0.1) is 12.2 Å². The highest BCUT2D eigenvalue weighted by Crippen LogP contribution is 2.13. The Morgan fingerprint density at radius 1 is 1.04 bits per heavy atom. The van der Waals surface area contributed by atoms with Gasteiger partial charge in [-0.05, 0) is 50.6 Å². The van der Waals surface area contributed by atoms with Crippen LogP contribution in [0.1, 0.15) is 30.6 Å². The molecular weight excluding hydrogens is 354 g/mol. The fraction of sp³-hybridized carbons (Fsp3) is 0.476. The summed E-state index contributed by atoms with van der Waals surface area (Å²) < 4.78 is 1.77. The Labute approximate surface area is 166 Å². The van der Waals surface area contributed by atoms with Crippen LogP contribution in [0.5, 0.6) is 0 Å². The number of likely N-dealkylation sites (N-methyl/N-ethyl adjacent to an activating group) is 1. The Balaban J connectivity index is 1.57. The molecule has 1 aromatic heterocycles. The average Bonchev–Trinajstić information content (AvgIpc) is 3.16. The van der Waals surface area contributed by atoms with Crippen LogP contribution in [0.25, 0.3) is 5.69 Å². The molecule has 2 aromatic rings. The van der Waals surface area contributed by atoms with Gasteiger partial charge in [0, 0.05) is 57.2 Å². The van der Waals surface area contributed by atoms with Gasteiger partial charge in [0.1, 0.15) is 0 Å². The number of carbonyl (C=O) groups is 2. The average molecular weight is 383 g/mol. The number of rotatable bonds is 6. The summed E-state index contributed by atoms with van der Waals surface area (Å²) in [4.78, 5) is 31.1. The van der Waals surface area contributed by atoms with Gasteiger partial charge in [-0.1, -0.05) is 0 Å². The Morgan fingerprint density at radius 2 is 1.79 bits per heavy atom. The number of aromatic nitrogens is 2. The molecule has 1 fully saturated rings. The van der Waals surface area contributed by atoms with E-state index in [1.165, 1.54) is 0 Å². The van der Waals surface area contributed by atoms with Crippen LogP contribution in [-0.2, 0) is 4.79 Å². The largest absolute Gasteiger partial charge is 0.342 e. The Bertz CT molecular complexity index is 769. The van der Waals surface area contributed by atoms with Crippen LogP contribution in [0, 0.1) is 0 Å². The van der Waals surface area contributed by atoms with Gasteiger partial charge in [-0.25, -0.2) is 4.68 Å². The molecule has 1 aliphatic heterocycles. The highest BCUT2D eigenvalue weighted by atomic mass is 16.2. The van der Waals surface area contributed by atoms with Gasteiger partial charge in [0.2, 0.25) is 5.91 Å². The molecule has 3 rings (SSSR count). The third kappa shape index (κ3) is 4.78. The predicted octanol–water partition coefficient (Wildman–Crippen LogP) is 1.89. The molecule has 1 aliphatic rings. The third-order valence-electron chi connectivity index (χ3n) is 5.23. The van der Waals surface area contributed by atoms with Crippen LogP contribution in [0.4, 0.5) is 0 Å². The summed E-state index contributed by atoms with van der Waals surface area (Å²) in [5.74, 6) is 0.211. The van der Waals surface area contributed by atoms with Crippen LogP contribution in [0.2, 0.25) is 0 Å². The van der Waals surface area contributed by atoms with Gasteiger partial charge in [-0.15, -0.1) is 0 Å². The van der Waals surface area contributed by atoms with Crippen LogP contribution >= 0.6 is 0 Å². The molecule has 2 amide bonds. The predicted molar refractivity (Wildman–Crippen MR) is 108 cm³/mol. The smallest absolute Gasteiger partial charge is 0.253 e. The number of hydrogen-bond donors (Lipinski definition) is 0. The van der Waals surface area contributed by atoms with Crippen molar-refractivity contribution in [2.75, 3.05) is 45.8 Å². The first-order chi connectivity index (χ1) is 13.6. The molecule has 0 saturated carbocycles. The van der Waals surface area contributed by atoms with Crippen molar-refractivity contribution in [3.8, 4) is 5.69 Å². The minimum atomic E-state index is 0.0453. The van der Waals surface area contributed by atoms with E-state index >= 15 is 0 Å². The van der Waals surface area contributed by atoms with Crippen molar-refractivity contribution in [2.45, 2.75) is 20.3 Å². The van der Waals surface area contributed by atoms with E-state index in [9.17, 15) is 9.59 Å². The number of hydrogen-bond acceptors (Lipinski definition) is 4. The Kier molecular flexibility index (Phi) is 6.81. The van der Waals surface area contributed by atoms with E-state index in [4.69, 9.17) is 0 Å². The Morgan fingerprint density at radius 3 is 2.43 bits per heavy atom. The third-order valence-corrected chi connectivity index (χ3v) is 5.23. The second-order valence-corrected chi connectivity index (χ2v) is 6.99. The fourth-order valence-electron chi connectivity index (χ4n) is 3.56. The fourth-order valence-corrected chi connectivity index (χ4v) is 3.56. The minimum Gasteiger partial charge on any atom is -0.342 e. The summed E-state index contributed by atoms with van der Waals surface area (Å²) >= 11 is 0. The van der Waals surface area contributed by atoms with Crippen molar-refractivity contribution in [1.29, 1.82) is 0 Å². The molecule has 0 radical (unpaired) electrons. The number of carbonyl (C=O) groups excluding carboxylic acids is 2. The first-order valence-electron chi connectivity index (χ1n) is 10.0. The molecule has 2 heterocycles. The summed E-state index contributed by atoms with van der Waals surface area (Å²) in [5.41, 5.74) is 1.61. The van der Waals surface area contributed by atoms with E-state index < -0.39 is 0 Å². The van der Waals surface area contributed by atoms with E-state index in [1.54, 1.807) is 10.9 Å². The summed E-state index contributed by atoms with van der Waals surface area (Å²) in [7, 11) is 0. The van der Waals surface area contributed by atoms with Gasteiger partial charge in [0.25, 0.3) is 5.91 Å². The number of nitrogens with zero attached hydrogens (tertiary/aromatic N) is 5. The normalized spacial score (nSPS) is 15.3. The topological polar surface area (TPSA) is 61.7 Å². The van der Waals surface area contributed by atoms with E-state index in [0.29, 0.717) is 18.7 Å². The maximum absolute atomic E-state index is 12.9. The highest BCUT2D eigenvalue weighted by molar-refractivity contribution is 5.94. The van der Waals surface area contributed by atoms with Crippen LogP contribution < -0.4 is 0 Å². The maximum Gasteiger partial charge on any atom is 0.253 e. The lowest BCUT2D eigenvalue weighted by Gasteiger charge is -2.25. The second kappa shape index (κ2) is 9.50. The monoisotopic (exact) mass is 383 g/mol. The highest BCUT2D eigenvalue weighted by Gasteiger charge is 2.22. The molecule has 0 unspecified atom stereocenters. The first kappa shape index (κ1) is 20.1. The van der Waals surface area contributed by atoms with Gasteiger partial charge in [0.15, 0.2) is 0 Å². The SMILES string of the molecule is CCN(CC)C(=O)CN1CCCN(C(=O)c2ccc(-n3cccn3)cc2)CC1. The number of benzene rings is 1. The zero-order chi connectivity index (χ0) is 19.9. The summed E-state index contributed by atoms with van der Waals surface area (Å²) in [5, 5.41) is 4.20. The molecule has 0 spiro atoms. The molecule has 1 aromatic carbocycles. The first-order valence-corrected chi connectivity index (χ1v) is 10.0. The van der Waals surface area contributed by atoms with Crippen LogP contribution in [0.15, 0.2) is 42.7 Å². The zero-order valence-corrected chi connectivity index (χ0v) is 16.8. The van der Waals surface area contributed by atoms with E-state index in [1.807, 2.05) is 60.2 Å². The molecule has 0 aliphatic carbocycles. The van der Waals surface area contributed by atoms with E-state index in [-0.39, 0.29) is 11.8 Å². The van der Waals surface area contributed by atoms with E-state index in [0.717, 1.165) is 44.8 Å². The van der Waals surface area contributed by atoms with E-state index in [2.05, 4.69) is 10.00 Å². The molecule has 0 bridgehead atoms. The van der Waals surface area contributed by atoms with Gasteiger partial charge < -0.3 is 9.80 Å². The lowest BCUT2D eigenvalue weighted by atomic mass is 10.1. The molecule has 0 atom stereocenters. The van der Waals surface area contributed by atoms with Gasteiger partial charge in [-0.3, -0.25) is 14.5 Å². The second-order valence-electron chi connectivity index (χ2n) is 6.99. The lowest BCUT2D eigenvalue weighted by Crippen LogP contribution is -2.42. The molecule has 28 heavy (non-hydrogen) atoms. The molecule has 7 nitrogen and oxygen atoms in total. The van der Waals surface area contributed by atoms with Crippen molar-refractivity contribution in [1.82, 2.24) is 24.5 Å². The van der Waals surface area contributed by atoms with Crippen LogP contribution in [-0.4, -0.2) is 82.1 Å². The van der Waals surface area contributed by atoms with Crippen LogP contribution in [0.3, 0.4) is 0 Å². The quantitative estimate of drug-likeness (QED) is 0.764. The lowest BCUT2D eigenvalue weighted by molar-refractivity contribution is -0.132. The van der Waals surface area contributed by atoms with Gasteiger partial charge in [-0.2, -0.15) is 5.10 Å². The zero-order valence-electron chi connectivity index (χ0n) is 16.8. The molecule has 150 valence electrons. The van der Waals surface area contributed by atoms with Crippen molar-refractivity contribution >= 4 is 11.8 Å². The summed E-state index contributed by atoms with van der Waals surface area (Å²) in [6.07, 6.45) is 4.48. The molecule has 1 saturated heterocycles. The van der Waals surface area contributed by atoms with Crippen molar-refractivity contribution in [3.63, 3.8) is 0 Å². The molecular formula is C21H29N5O2. The number of amides is 2.